The molecule has 596 valence electrons. The Balaban J connectivity index is 7.13. The van der Waals surface area contributed by atoms with E-state index < -0.39 is 205 Å². The van der Waals surface area contributed by atoms with Crippen LogP contribution in [0.2, 0.25) is 0 Å². The lowest BCUT2D eigenvalue weighted by molar-refractivity contribution is -0.152. The predicted molar refractivity (Wildman–Crippen MR) is 392 cm³/mol. The molecule has 31 nitrogen and oxygen atoms in total. The second kappa shape index (κ2) is 49.2. The van der Waals surface area contributed by atoms with Gasteiger partial charge in [-0.1, -0.05) is 48.5 Å². The Bertz CT molecular complexity index is 2650. The van der Waals surface area contributed by atoms with Crippen molar-refractivity contribution in [3.05, 3.63) is 0 Å². The SMILES string of the molecule is CCC(C)NCC(=O)N(CC(=O)N(CC(=O)N(CC(=O)N(CC(=O)N(CC(=O)N(CC(=O)N(CC(=O)N(CC(=O)N(CC(=O)N(CC(=O)N(CC(=O)N(CC)C(C)CC)CC(C)O)CC(C)O)CC(C)O)C(C)CC)C(C)CC)C(C)CC)CC(C)O)CC(C)O)CC(C)O)C(C)CC)C(C)CC. The van der Waals surface area contributed by atoms with Gasteiger partial charge in [0.2, 0.25) is 70.9 Å². The van der Waals surface area contributed by atoms with Crippen molar-refractivity contribution in [2.75, 3.05) is 124 Å². The van der Waals surface area contributed by atoms with Gasteiger partial charge >= 0.3 is 0 Å². The fourth-order valence-corrected chi connectivity index (χ4v) is 11.2. The van der Waals surface area contributed by atoms with Crippen molar-refractivity contribution in [2.24, 2.45) is 0 Å². The lowest BCUT2D eigenvalue weighted by atomic mass is 10.1. The molecule has 12 amide bonds. The van der Waals surface area contributed by atoms with E-state index in [9.17, 15) is 88.2 Å². The average Bonchev–Trinajstić information content (AvgIpc) is 0.844. The van der Waals surface area contributed by atoms with E-state index in [1.165, 1.54) is 66.0 Å². The number of rotatable bonds is 51. The molecule has 0 aromatic rings. The van der Waals surface area contributed by atoms with E-state index in [2.05, 4.69) is 5.32 Å². The number of amides is 12. The van der Waals surface area contributed by atoms with E-state index in [1.54, 1.807) is 60.3 Å². The van der Waals surface area contributed by atoms with Gasteiger partial charge in [0.1, 0.15) is 32.7 Å². The third kappa shape index (κ3) is 34.9. The smallest absolute Gasteiger partial charge is 0.242 e. The van der Waals surface area contributed by atoms with Crippen LogP contribution < -0.4 is 5.32 Å². The maximum Gasteiger partial charge on any atom is 0.242 e. The highest BCUT2D eigenvalue weighted by molar-refractivity contribution is 5.95. The van der Waals surface area contributed by atoms with Crippen molar-refractivity contribution in [3.63, 3.8) is 0 Å². The highest BCUT2D eigenvalue weighted by atomic mass is 16.3. The van der Waals surface area contributed by atoms with Gasteiger partial charge in [-0.15, -0.1) is 0 Å². The molecule has 103 heavy (non-hydrogen) atoms. The van der Waals surface area contributed by atoms with Gasteiger partial charge in [0.15, 0.2) is 0 Å². The summed E-state index contributed by atoms with van der Waals surface area (Å²) < 4.78 is 0. The van der Waals surface area contributed by atoms with Crippen LogP contribution >= 0.6 is 0 Å². The molecule has 0 aromatic carbocycles. The molecular weight excluding hydrogens is 1330 g/mol. The lowest BCUT2D eigenvalue weighted by Gasteiger charge is -2.37. The second-order valence-electron chi connectivity index (χ2n) is 28.3. The number of hydrogen-bond acceptors (Lipinski definition) is 19. The van der Waals surface area contributed by atoms with E-state index >= 15 is 0 Å². The summed E-state index contributed by atoms with van der Waals surface area (Å²) in [6, 6.07) is -2.85. The molecule has 0 aliphatic heterocycles. The van der Waals surface area contributed by atoms with Crippen molar-refractivity contribution in [3.8, 4) is 0 Å². The van der Waals surface area contributed by atoms with E-state index in [-0.39, 0.29) is 62.7 Å². The van der Waals surface area contributed by atoms with Gasteiger partial charge in [0.05, 0.1) is 82.4 Å². The van der Waals surface area contributed by atoms with E-state index in [1.807, 2.05) is 48.5 Å². The van der Waals surface area contributed by atoms with Crippen LogP contribution in [0.4, 0.5) is 0 Å². The first-order chi connectivity index (χ1) is 48.0. The monoisotopic (exact) mass is 1470 g/mol. The quantitative estimate of drug-likeness (QED) is 0.0434. The largest absolute Gasteiger partial charge is 0.392 e. The molecule has 31 heteroatoms. The first-order valence-corrected chi connectivity index (χ1v) is 37.3. The Morgan fingerprint density at radius 2 is 0.398 bits per heavy atom. The fraction of sp³-hybridized carbons (Fsp3) is 0.833. The molecule has 13 unspecified atom stereocenters. The van der Waals surface area contributed by atoms with Gasteiger partial charge in [-0.3, -0.25) is 57.5 Å². The highest BCUT2D eigenvalue weighted by Gasteiger charge is 2.37. The summed E-state index contributed by atoms with van der Waals surface area (Å²) in [5, 5.41) is 66.8. The Morgan fingerprint density at radius 1 is 0.233 bits per heavy atom. The average molecular weight is 1470 g/mol. The first-order valence-electron chi connectivity index (χ1n) is 37.3. The maximum atomic E-state index is 14.8. The number of nitrogens with zero attached hydrogens (tertiary/aromatic N) is 12. The molecule has 0 aliphatic rings. The zero-order chi connectivity index (χ0) is 79.5. The third-order valence-electron chi connectivity index (χ3n) is 18.7. The Hall–Kier alpha value is -6.64. The number of hydrogen-bond donors (Lipinski definition) is 7. The zero-order valence-corrected chi connectivity index (χ0v) is 66.3. The molecule has 0 fully saturated rings. The number of carbonyl (C=O) groups is 12. The van der Waals surface area contributed by atoms with E-state index in [0.717, 1.165) is 35.8 Å². The molecule has 0 saturated carbocycles. The minimum atomic E-state index is -1.23. The van der Waals surface area contributed by atoms with Crippen molar-refractivity contribution < 1.29 is 88.2 Å². The topological polar surface area (TPSA) is 377 Å². The predicted octanol–water partition coefficient (Wildman–Crippen LogP) is 0.413. The van der Waals surface area contributed by atoms with Crippen LogP contribution in [-0.2, 0) is 57.5 Å². The second-order valence-corrected chi connectivity index (χ2v) is 28.3. The van der Waals surface area contributed by atoms with Crippen molar-refractivity contribution >= 4 is 70.9 Å². The van der Waals surface area contributed by atoms with Crippen molar-refractivity contribution in [1.29, 1.82) is 0 Å². The van der Waals surface area contributed by atoms with Crippen LogP contribution in [0.3, 0.4) is 0 Å². The van der Waals surface area contributed by atoms with Gasteiger partial charge < -0.3 is 94.8 Å². The third-order valence-corrected chi connectivity index (χ3v) is 18.7. The van der Waals surface area contributed by atoms with Crippen LogP contribution in [0.5, 0.6) is 0 Å². The molecule has 0 bridgehead atoms. The van der Waals surface area contributed by atoms with Crippen molar-refractivity contribution in [1.82, 2.24) is 64.1 Å². The normalized spacial score (nSPS) is 15.2. The molecule has 0 aliphatic carbocycles. The summed E-state index contributed by atoms with van der Waals surface area (Å²) in [5.41, 5.74) is 0. The molecule has 0 radical (unpaired) electrons. The van der Waals surface area contributed by atoms with Gasteiger partial charge in [-0.2, -0.15) is 0 Å². The summed E-state index contributed by atoms with van der Waals surface area (Å²) in [7, 11) is 0. The molecule has 7 N–H and O–H groups in total. The number of carbonyl (C=O) groups excluding carboxylic acids is 12. The number of aliphatic hydroxyl groups excluding tert-OH is 6. The Labute approximate surface area is 614 Å². The zero-order valence-electron chi connectivity index (χ0n) is 66.3. The highest BCUT2D eigenvalue weighted by Crippen LogP contribution is 2.17. The van der Waals surface area contributed by atoms with Crippen LogP contribution in [0.15, 0.2) is 0 Å². The molecule has 13 atom stereocenters. The summed E-state index contributed by atoms with van der Waals surface area (Å²) in [4.78, 5) is 186. The summed E-state index contributed by atoms with van der Waals surface area (Å²) in [6.07, 6.45) is -3.71. The molecule has 0 rings (SSSR count). The molecule has 0 saturated heterocycles. The van der Waals surface area contributed by atoms with Gasteiger partial charge in [0.25, 0.3) is 0 Å². The van der Waals surface area contributed by atoms with Crippen LogP contribution in [-0.4, -0.2) is 364 Å². The van der Waals surface area contributed by atoms with Crippen LogP contribution in [0.25, 0.3) is 0 Å². The number of aliphatic hydroxyl groups is 6. The maximum absolute atomic E-state index is 14.8. The summed E-state index contributed by atoms with van der Waals surface area (Å²) >= 11 is 0. The minimum Gasteiger partial charge on any atom is -0.392 e. The van der Waals surface area contributed by atoms with Gasteiger partial charge in [-0.25, -0.2) is 0 Å². The standard InChI is InChI=1S/C72H135N13O18/c1-22-48(9)73-30-61(92)81(50(11)24-3)45-70(101)82(51(12)25-4)43-66(97)76(33-57(18)88)40-63(94)75(32-56(17)87)38-65(96)79(36-60(21)91)42-69(100)84(53(14)27-6)46-72(103)85(54(15)28-7)47-71(102)83(52(13)26-5)44-67(98)77(34-58(19)89)39-62(93)74(31-55(16)86)37-64(95)78(35-59(20)90)41-68(99)80(29-8)49(10)23-2/h48-60,73,86-91H,22-47H2,1-21H3. The molecule has 0 heterocycles. The summed E-state index contributed by atoms with van der Waals surface area (Å²) in [5.74, 6) is -8.07. The van der Waals surface area contributed by atoms with Crippen molar-refractivity contribution in [2.45, 2.75) is 269 Å². The van der Waals surface area contributed by atoms with Crippen LogP contribution in [0.1, 0.15) is 190 Å². The van der Waals surface area contributed by atoms with E-state index in [4.69, 9.17) is 0 Å². The lowest BCUT2D eigenvalue weighted by Crippen LogP contribution is -2.56. The Kier molecular flexibility index (Phi) is 46.0. The minimum absolute atomic E-state index is 0.00385. The van der Waals surface area contributed by atoms with Crippen LogP contribution in [0, 0.1) is 0 Å². The molecule has 0 aromatic heterocycles. The molecular formula is C72H135N13O18. The number of likely N-dealkylation sites (N-methyl/N-ethyl adjacent to an activating group) is 1. The van der Waals surface area contributed by atoms with E-state index in [0.29, 0.717) is 45.1 Å². The fourth-order valence-electron chi connectivity index (χ4n) is 11.2. The summed E-state index contributed by atoms with van der Waals surface area (Å²) in [6.45, 7) is 26.9. The molecule has 0 spiro atoms. The van der Waals surface area contributed by atoms with Gasteiger partial charge in [0, 0.05) is 88.1 Å². The number of nitrogens with one attached hydrogen (secondary N) is 1. The van der Waals surface area contributed by atoms with Gasteiger partial charge in [-0.05, 0) is 142 Å². The first kappa shape index (κ1) is 96.4. The Morgan fingerprint density at radius 3 is 0.592 bits per heavy atom.